The van der Waals surface area contributed by atoms with Crippen molar-refractivity contribution in [2.24, 2.45) is 7.05 Å². The Balaban J connectivity index is 2.65. The van der Waals surface area contributed by atoms with Gasteiger partial charge in [-0.1, -0.05) is 5.21 Å². The van der Waals surface area contributed by atoms with Gasteiger partial charge in [-0.05, 0) is 20.8 Å². The van der Waals surface area contributed by atoms with Crippen LogP contribution in [0.3, 0.4) is 0 Å². The van der Waals surface area contributed by atoms with E-state index in [0.717, 1.165) is 5.82 Å². The fourth-order valence-corrected chi connectivity index (χ4v) is 0.789. The quantitative estimate of drug-likeness (QED) is 0.656. The van der Waals surface area contributed by atoms with E-state index in [9.17, 15) is 0 Å². The van der Waals surface area contributed by atoms with Gasteiger partial charge in [0, 0.05) is 12.6 Å². The van der Waals surface area contributed by atoms with Crippen molar-refractivity contribution in [1.29, 1.82) is 0 Å². The lowest BCUT2D eigenvalue weighted by atomic mass is 10.1. The second-order valence-corrected chi connectivity index (χ2v) is 3.65. The summed E-state index contributed by atoms with van der Waals surface area (Å²) in [4.78, 5) is 0. The molecule has 1 N–H and O–H groups in total. The maximum absolute atomic E-state index is 3.90. The van der Waals surface area contributed by atoms with E-state index in [1.54, 1.807) is 4.68 Å². The number of nitrogens with one attached hydrogen (secondary N) is 1. The van der Waals surface area contributed by atoms with Crippen molar-refractivity contribution in [2.75, 3.05) is 5.32 Å². The lowest BCUT2D eigenvalue weighted by Gasteiger charge is -2.19. The first-order valence-electron chi connectivity index (χ1n) is 3.62. The summed E-state index contributed by atoms with van der Waals surface area (Å²) in [6.07, 6.45) is 1.85. The van der Waals surface area contributed by atoms with Crippen LogP contribution in [0.1, 0.15) is 20.8 Å². The minimum Gasteiger partial charge on any atom is -0.363 e. The Labute approximate surface area is 66.6 Å². The lowest BCUT2D eigenvalue weighted by Crippen LogP contribution is -2.26. The summed E-state index contributed by atoms with van der Waals surface area (Å²) in [5.74, 6) is 0.819. The van der Waals surface area contributed by atoms with E-state index >= 15 is 0 Å². The molecule has 0 amide bonds. The summed E-state index contributed by atoms with van der Waals surface area (Å²) in [6.45, 7) is 6.26. The lowest BCUT2D eigenvalue weighted by molar-refractivity contribution is 0.629. The smallest absolute Gasteiger partial charge is 0.168 e. The highest BCUT2D eigenvalue weighted by Crippen LogP contribution is 2.09. The Morgan fingerprint density at radius 2 is 2.09 bits per heavy atom. The SMILES string of the molecule is Cn1cc(NC(C)(C)C)nn1. The molecule has 1 heterocycles. The van der Waals surface area contributed by atoms with E-state index in [1.807, 2.05) is 13.2 Å². The highest BCUT2D eigenvalue weighted by molar-refractivity contribution is 5.32. The molecule has 0 spiro atoms. The minimum atomic E-state index is 0.0516. The van der Waals surface area contributed by atoms with E-state index in [2.05, 4.69) is 36.4 Å². The topological polar surface area (TPSA) is 42.7 Å². The molecule has 0 aliphatic rings. The summed E-state index contributed by atoms with van der Waals surface area (Å²) in [7, 11) is 1.85. The molecular weight excluding hydrogens is 140 g/mol. The van der Waals surface area contributed by atoms with Crippen LogP contribution in [0, 0.1) is 0 Å². The predicted octanol–water partition coefficient (Wildman–Crippen LogP) is 1.03. The Hall–Kier alpha value is -1.06. The van der Waals surface area contributed by atoms with Crippen molar-refractivity contribution in [1.82, 2.24) is 15.0 Å². The van der Waals surface area contributed by atoms with E-state index in [4.69, 9.17) is 0 Å². The van der Waals surface area contributed by atoms with Gasteiger partial charge in [-0.15, -0.1) is 5.10 Å². The van der Waals surface area contributed by atoms with Gasteiger partial charge >= 0.3 is 0 Å². The van der Waals surface area contributed by atoms with Gasteiger partial charge in [0.2, 0.25) is 0 Å². The van der Waals surface area contributed by atoms with Crippen LogP contribution in [0.25, 0.3) is 0 Å². The van der Waals surface area contributed by atoms with Crippen molar-refractivity contribution in [2.45, 2.75) is 26.3 Å². The van der Waals surface area contributed by atoms with Crippen LogP contribution in [-0.2, 0) is 7.05 Å². The van der Waals surface area contributed by atoms with Crippen molar-refractivity contribution >= 4 is 5.82 Å². The number of hydrogen-bond acceptors (Lipinski definition) is 3. The van der Waals surface area contributed by atoms with Gasteiger partial charge < -0.3 is 5.32 Å². The van der Waals surface area contributed by atoms with Crippen LogP contribution in [0.15, 0.2) is 6.20 Å². The van der Waals surface area contributed by atoms with Crippen molar-refractivity contribution in [3.8, 4) is 0 Å². The summed E-state index contributed by atoms with van der Waals surface area (Å²) in [5, 5.41) is 10.9. The number of anilines is 1. The first kappa shape index (κ1) is 8.04. The first-order chi connectivity index (χ1) is 4.97. The molecule has 0 radical (unpaired) electrons. The van der Waals surface area contributed by atoms with Crippen LogP contribution >= 0.6 is 0 Å². The molecule has 0 atom stereocenters. The van der Waals surface area contributed by atoms with Gasteiger partial charge in [0.25, 0.3) is 0 Å². The molecule has 0 aliphatic carbocycles. The van der Waals surface area contributed by atoms with Gasteiger partial charge in [0.1, 0.15) is 0 Å². The number of aryl methyl sites for hydroxylation is 1. The molecule has 0 aliphatic heterocycles. The number of nitrogens with zero attached hydrogens (tertiary/aromatic N) is 3. The Morgan fingerprint density at radius 3 is 2.45 bits per heavy atom. The van der Waals surface area contributed by atoms with Gasteiger partial charge in [-0.3, -0.25) is 4.68 Å². The summed E-state index contributed by atoms with van der Waals surface area (Å²) < 4.78 is 1.67. The number of aromatic nitrogens is 3. The molecule has 1 aromatic heterocycles. The maximum atomic E-state index is 3.90. The predicted molar refractivity (Wildman–Crippen MR) is 44.4 cm³/mol. The number of hydrogen-bond donors (Lipinski definition) is 1. The summed E-state index contributed by atoms with van der Waals surface area (Å²) >= 11 is 0. The summed E-state index contributed by atoms with van der Waals surface area (Å²) in [5.41, 5.74) is 0.0516. The number of rotatable bonds is 1. The van der Waals surface area contributed by atoms with Gasteiger partial charge in [-0.2, -0.15) is 0 Å². The fourth-order valence-electron chi connectivity index (χ4n) is 0.789. The molecule has 62 valence electrons. The molecule has 0 bridgehead atoms. The van der Waals surface area contributed by atoms with Crippen LogP contribution in [0.2, 0.25) is 0 Å². The van der Waals surface area contributed by atoms with Crippen molar-refractivity contribution < 1.29 is 0 Å². The third-order valence-electron chi connectivity index (χ3n) is 1.11. The maximum Gasteiger partial charge on any atom is 0.168 e. The average Bonchev–Trinajstić information content (AvgIpc) is 2.10. The Morgan fingerprint density at radius 1 is 1.45 bits per heavy atom. The molecule has 4 heteroatoms. The zero-order valence-corrected chi connectivity index (χ0v) is 7.42. The Bertz CT molecular complexity index is 233. The average molecular weight is 154 g/mol. The second kappa shape index (κ2) is 2.53. The van der Waals surface area contributed by atoms with Crippen LogP contribution in [0.5, 0.6) is 0 Å². The second-order valence-electron chi connectivity index (χ2n) is 3.65. The summed E-state index contributed by atoms with van der Waals surface area (Å²) in [6, 6.07) is 0. The molecule has 0 saturated carbocycles. The Kier molecular flexibility index (Phi) is 1.85. The van der Waals surface area contributed by atoms with E-state index in [1.165, 1.54) is 0 Å². The van der Waals surface area contributed by atoms with E-state index < -0.39 is 0 Å². The first-order valence-corrected chi connectivity index (χ1v) is 3.62. The molecule has 1 aromatic rings. The normalized spacial score (nSPS) is 11.6. The molecule has 1 rings (SSSR count). The van der Waals surface area contributed by atoms with Crippen LogP contribution in [-0.4, -0.2) is 20.5 Å². The molecule has 11 heavy (non-hydrogen) atoms. The van der Waals surface area contributed by atoms with Crippen LogP contribution in [0.4, 0.5) is 5.82 Å². The van der Waals surface area contributed by atoms with Gasteiger partial charge in [0.15, 0.2) is 5.82 Å². The highest BCUT2D eigenvalue weighted by Gasteiger charge is 2.10. The third-order valence-corrected chi connectivity index (χ3v) is 1.11. The largest absolute Gasteiger partial charge is 0.363 e. The molecule has 4 nitrogen and oxygen atoms in total. The standard InChI is InChI=1S/C7H14N4/c1-7(2,3)8-6-5-11(4)10-9-6/h5,8H,1-4H3. The van der Waals surface area contributed by atoms with Gasteiger partial charge in [0.05, 0.1) is 6.20 Å². The molecule has 0 unspecified atom stereocenters. The zero-order valence-electron chi connectivity index (χ0n) is 7.42. The monoisotopic (exact) mass is 154 g/mol. The van der Waals surface area contributed by atoms with Crippen molar-refractivity contribution in [3.05, 3.63) is 6.20 Å². The van der Waals surface area contributed by atoms with Gasteiger partial charge in [-0.25, -0.2) is 0 Å². The molecule has 0 fully saturated rings. The highest BCUT2D eigenvalue weighted by atomic mass is 15.4. The van der Waals surface area contributed by atoms with E-state index in [-0.39, 0.29) is 5.54 Å². The third kappa shape index (κ3) is 2.57. The molecule has 0 aromatic carbocycles. The zero-order chi connectivity index (χ0) is 8.48. The van der Waals surface area contributed by atoms with E-state index in [0.29, 0.717) is 0 Å². The van der Waals surface area contributed by atoms with Crippen molar-refractivity contribution in [3.63, 3.8) is 0 Å². The fraction of sp³-hybridized carbons (Fsp3) is 0.714. The minimum absolute atomic E-state index is 0.0516. The van der Waals surface area contributed by atoms with Crippen LogP contribution < -0.4 is 5.32 Å². The molecular formula is C7H14N4. The molecule has 0 saturated heterocycles.